The molecule has 158 valence electrons. The second-order valence-corrected chi connectivity index (χ2v) is 7.22. The van der Waals surface area contributed by atoms with Crippen molar-refractivity contribution >= 4 is 17.8 Å². The summed E-state index contributed by atoms with van der Waals surface area (Å²) in [5.74, 6) is -0.982. The first kappa shape index (κ1) is 21.4. The fourth-order valence-corrected chi connectivity index (χ4v) is 3.38. The van der Waals surface area contributed by atoms with E-state index in [4.69, 9.17) is 9.47 Å². The van der Waals surface area contributed by atoms with E-state index in [9.17, 15) is 19.1 Å². The lowest BCUT2D eigenvalue weighted by Gasteiger charge is -2.15. The number of phenolic OH excluding ortho intramolecular Hbond substituents is 1. The molecule has 6 nitrogen and oxygen atoms in total. The van der Waals surface area contributed by atoms with Gasteiger partial charge in [0.05, 0.1) is 12.2 Å². The van der Waals surface area contributed by atoms with Crippen LogP contribution >= 0.6 is 0 Å². The summed E-state index contributed by atoms with van der Waals surface area (Å²) in [7, 11) is 3.28. The predicted octanol–water partition coefficient (Wildman–Crippen LogP) is 3.78. The number of carbonyl (C=O) groups is 2. The van der Waals surface area contributed by atoms with E-state index < -0.39 is 17.5 Å². The van der Waals surface area contributed by atoms with Crippen molar-refractivity contribution in [2.75, 3.05) is 27.3 Å². The van der Waals surface area contributed by atoms with Crippen molar-refractivity contribution in [1.82, 2.24) is 4.90 Å². The first-order valence-electron chi connectivity index (χ1n) is 9.62. The smallest absolute Gasteiger partial charge is 0.259 e. The van der Waals surface area contributed by atoms with E-state index in [0.717, 1.165) is 6.07 Å². The second kappa shape index (κ2) is 8.57. The van der Waals surface area contributed by atoms with Gasteiger partial charge in [-0.2, -0.15) is 0 Å². The van der Waals surface area contributed by atoms with Crippen LogP contribution in [-0.2, 0) is 4.79 Å². The predicted molar refractivity (Wildman–Crippen MR) is 111 cm³/mol. The van der Waals surface area contributed by atoms with Crippen molar-refractivity contribution in [2.24, 2.45) is 0 Å². The molecule has 0 spiro atoms. The fourth-order valence-electron chi connectivity index (χ4n) is 3.38. The second-order valence-electron chi connectivity index (χ2n) is 7.22. The standard InChI is InChI=1S/C23H24FNO5/c1-5-29-19-11-14(6-9-18(19)30-12-20(27)25(3)4)10-15-13(2)21-16(24)7-8-17(26)22(21)23(15)28/h6-11,13,26H,5,12H2,1-4H3/b15-10-/t13-/m1/s1. The molecule has 0 unspecified atom stereocenters. The molecule has 0 saturated heterocycles. The number of benzene rings is 2. The fraction of sp³-hybridized carbons (Fsp3) is 0.304. The van der Waals surface area contributed by atoms with Gasteiger partial charge in [0.15, 0.2) is 23.9 Å². The molecule has 1 aliphatic rings. The van der Waals surface area contributed by atoms with Crippen molar-refractivity contribution in [1.29, 1.82) is 0 Å². The third-order valence-electron chi connectivity index (χ3n) is 5.00. The molecule has 1 N–H and O–H groups in total. The van der Waals surface area contributed by atoms with E-state index in [1.54, 1.807) is 45.3 Å². The van der Waals surface area contributed by atoms with Crippen molar-refractivity contribution < 1.29 is 28.6 Å². The summed E-state index contributed by atoms with van der Waals surface area (Å²) in [5, 5.41) is 10.0. The molecule has 1 amide bonds. The SMILES string of the molecule is CCOc1cc(/C=C2\C(=O)c3c(O)ccc(F)c3[C@@H]2C)ccc1OCC(=O)N(C)C. The van der Waals surface area contributed by atoms with Crippen LogP contribution in [0.2, 0.25) is 0 Å². The van der Waals surface area contributed by atoms with Crippen molar-refractivity contribution in [3.05, 3.63) is 58.4 Å². The van der Waals surface area contributed by atoms with Gasteiger partial charge in [-0.1, -0.05) is 13.0 Å². The minimum absolute atomic E-state index is 0.0148. The number of amides is 1. The average Bonchev–Trinajstić information content (AvgIpc) is 2.96. The van der Waals surface area contributed by atoms with E-state index in [0.29, 0.717) is 29.2 Å². The topological polar surface area (TPSA) is 76.1 Å². The minimum Gasteiger partial charge on any atom is -0.507 e. The summed E-state index contributed by atoms with van der Waals surface area (Å²) < 4.78 is 25.5. The summed E-state index contributed by atoms with van der Waals surface area (Å²) in [4.78, 5) is 26.0. The van der Waals surface area contributed by atoms with Crippen molar-refractivity contribution in [2.45, 2.75) is 19.8 Å². The normalized spacial score (nSPS) is 16.5. The number of Topliss-reactive ketones (excluding diaryl/α,β-unsaturated/α-hetero) is 1. The molecule has 0 radical (unpaired) electrons. The average molecular weight is 413 g/mol. The van der Waals surface area contributed by atoms with Crippen LogP contribution in [-0.4, -0.2) is 49.0 Å². The molecule has 3 rings (SSSR count). The third kappa shape index (κ3) is 4.01. The Labute approximate surface area is 174 Å². The van der Waals surface area contributed by atoms with Gasteiger partial charge >= 0.3 is 0 Å². The van der Waals surface area contributed by atoms with Gasteiger partial charge in [-0.3, -0.25) is 9.59 Å². The molecule has 2 aromatic rings. The summed E-state index contributed by atoms with van der Waals surface area (Å²) in [6, 6.07) is 7.44. The molecule has 0 aliphatic heterocycles. The monoisotopic (exact) mass is 413 g/mol. The number of ketones is 1. The molecule has 1 atom stereocenters. The maximum Gasteiger partial charge on any atom is 0.259 e. The van der Waals surface area contributed by atoms with Gasteiger partial charge in [-0.25, -0.2) is 4.39 Å². The Kier molecular flexibility index (Phi) is 6.10. The Morgan fingerprint density at radius 3 is 2.57 bits per heavy atom. The van der Waals surface area contributed by atoms with Crippen LogP contribution < -0.4 is 9.47 Å². The molecule has 0 fully saturated rings. The van der Waals surface area contributed by atoms with Crippen LogP contribution in [0.15, 0.2) is 35.9 Å². The first-order chi connectivity index (χ1) is 14.2. The molecule has 7 heteroatoms. The minimum atomic E-state index is -0.517. The number of carbonyl (C=O) groups excluding carboxylic acids is 2. The highest BCUT2D eigenvalue weighted by Crippen LogP contribution is 2.43. The molecule has 1 aliphatic carbocycles. The van der Waals surface area contributed by atoms with Gasteiger partial charge in [0.25, 0.3) is 5.91 Å². The molecule has 30 heavy (non-hydrogen) atoms. The summed E-state index contributed by atoms with van der Waals surface area (Å²) in [6.07, 6.45) is 1.66. The molecule has 0 heterocycles. The van der Waals surface area contributed by atoms with E-state index in [1.165, 1.54) is 11.0 Å². The number of likely N-dealkylation sites (N-methyl/N-ethyl adjacent to an activating group) is 1. The zero-order valence-corrected chi connectivity index (χ0v) is 17.4. The van der Waals surface area contributed by atoms with Gasteiger partial charge < -0.3 is 19.5 Å². The van der Waals surface area contributed by atoms with E-state index >= 15 is 0 Å². The number of halogens is 1. The lowest BCUT2D eigenvalue weighted by Crippen LogP contribution is -2.27. The van der Waals surface area contributed by atoms with E-state index in [1.807, 2.05) is 6.92 Å². The van der Waals surface area contributed by atoms with Crippen LogP contribution in [0.3, 0.4) is 0 Å². The van der Waals surface area contributed by atoms with E-state index in [2.05, 4.69) is 0 Å². The summed E-state index contributed by atoms with van der Waals surface area (Å²) in [6.45, 7) is 3.81. The third-order valence-corrected chi connectivity index (χ3v) is 5.00. The van der Waals surface area contributed by atoms with Crippen molar-refractivity contribution in [3.63, 3.8) is 0 Å². The largest absolute Gasteiger partial charge is 0.507 e. The molecule has 0 aromatic heterocycles. The maximum atomic E-state index is 14.3. The van der Waals surface area contributed by atoms with Gasteiger partial charge in [0.1, 0.15) is 11.6 Å². The summed E-state index contributed by atoms with van der Waals surface area (Å²) >= 11 is 0. The Morgan fingerprint density at radius 1 is 1.20 bits per heavy atom. The Morgan fingerprint density at radius 2 is 1.93 bits per heavy atom. The maximum absolute atomic E-state index is 14.3. The molecule has 0 saturated carbocycles. The number of fused-ring (bicyclic) bond motifs is 1. The molecule has 0 bridgehead atoms. The van der Waals surface area contributed by atoms with Crippen LogP contribution in [0, 0.1) is 5.82 Å². The number of allylic oxidation sites excluding steroid dienone is 1. The number of ether oxygens (including phenoxy) is 2. The molecule has 2 aromatic carbocycles. The van der Waals surface area contributed by atoms with Crippen molar-refractivity contribution in [3.8, 4) is 17.2 Å². The van der Waals surface area contributed by atoms with Crippen LogP contribution in [0.5, 0.6) is 17.2 Å². The van der Waals surface area contributed by atoms with Gasteiger partial charge in [-0.15, -0.1) is 0 Å². The van der Waals surface area contributed by atoms with Crippen LogP contribution in [0.1, 0.15) is 41.3 Å². The number of hydrogen-bond acceptors (Lipinski definition) is 5. The highest BCUT2D eigenvalue weighted by molar-refractivity contribution is 6.18. The molecular formula is C23H24FNO5. The number of hydrogen-bond donors (Lipinski definition) is 1. The Balaban J connectivity index is 1.93. The molecular weight excluding hydrogens is 389 g/mol. The van der Waals surface area contributed by atoms with Gasteiger partial charge in [0, 0.05) is 31.1 Å². The quantitative estimate of drug-likeness (QED) is 0.730. The lowest BCUT2D eigenvalue weighted by molar-refractivity contribution is -0.130. The zero-order chi connectivity index (χ0) is 22.0. The number of rotatable bonds is 6. The zero-order valence-electron chi connectivity index (χ0n) is 17.4. The van der Waals surface area contributed by atoms with E-state index in [-0.39, 0.29) is 29.4 Å². The highest BCUT2D eigenvalue weighted by atomic mass is 19.1. The van der Waals surface area contributed by atoms with Crippen LogP contribution in [0.4, 0.5) is 4.39 Å². The van der Waals surface area contributed by atoms with Gasteiger partial charge in [-0.05, 0) is 42.8 Å². The number of phenols is 1. The number of nitrogens with zero attached hydrogens (tertiary/aromatic N) is 1. The Bertz CT molecular complexity index is 1030. The Hall–Kier alpha value is -3.35. The van der Waals surface area contributed by atoms with Gasteiger partial charge in [0.2, 0.25) is 0 Å². The summed E-state index contributed by atoms with van der Waals surface area (Å²) in [5.41, 5.74) is 1.26. The van der Waals surface area contributed by atoms with Crippen LogP contribution in [0.25, 0.3) is 6.08 Å². The number of aromatic hydroxyl groups is 1. The lowest BCUT2D eigenvalue weighted by atomic mass is 9.97. The highest BCUT2D eigenvalue weighted by Gasteiger charge is 2.36. The first-order valence-corrected chi connectivity index (χ1v) is 9.62.